The molecular formula is C11H17NO2. The maximum absolute atomic E-state index is 11.5. The summed E-state index contributed by atoms with van der Waals surface area (Å²) in [5.41, 5.74) is 0. The highest BCUT2D eigenvalue weighted by Gasteiger charge is 2.45. The van der Waals surface area contributed by atoms with Gasteiger partial charge in [0.05, 0.1) is 6.04 Å². The van der Waals surface area contributed by atoms with Gasteiger partial charge in [-0.15, -0.1) is 0 Å². The average Bonchev–Trinajstić information content (AvgIpc) is 2.83. The fraction of sp³-hybridized carbons (Fsp3) is 0.818. The van der Waals surface area contributed by atoms with Crippen molar-refractivity contribution in [3.63, 3.8) is 0 Å². The molecule has 1 aliphatic carbocycles. The minimum absolute atomic E-state index is 0.0494. The molecule has 1 amide bonds. The van der Waals surface area contributed by atoms with E-state index < -0.39 is 0 Å². The number of carbonyl (C=O) groups is 2. The lowest BCUT2D eigenvalue weighted by Gasteiger charge is -2.24. The average molecular weight is 195 g/mol. The fourth-order valence-electron chi connectivity index (χ4n) is 2.71. The van der Waals surface area contributed by atoms with Crippen LogP contribution >= 0.6 is 0 Å². The number of amides is 1. The lowest BCUT2D eigenvalue weighted by Crippen LogP contribution is -2.41. The van der Waals surface area contributed by atoms with Crippen LogP contribution in [0.15, 0.2) is 0 Å². The molecule has 78 valence electrons. The number of carbonyl (C=O) groups excluding carboxylic acids is 2. The highest BCUT2D eigenvalue weighted by Crippen LogP contribution is 2.44. The smallest absolute Gasteiger partial charge is 0.220 e. The molecule has 1 aliphatic heterocycles. The van der Waals surface area contributed by atoms with Crippen molar-refractivity contribution in [2.45, 2.75) is 39.2 Å². The number of likely N-dealkylation sites (tertiary alicyclic amines) is 1. The zero-order chi connectivity index (χ0) is 10.3. The number of hydrogen-bond acceptors (Lipinski definition) is 2. The first-order chi connectivity index (χ1) is 6.61. The van der Waals surface area contributed by atoms with E-state index >= 15 is 0 Å². The highest BCUT2D eigenvalue weighted by atomic mass is 16.2. The molecule has 0 N–H and O–H groups in total. The molecule has 0 aromatic heterocycles. The van der Waals surface area contributed by atoms with Crippen LogP contribution in [0.3, 0.4) is 0 Å². The number of nitrogens with zero attached hydrogens (tertiary/aromatic N) is 1. The Morgan fingerprint density at radius 3 is 2.21 bits per heavy atom. The Labute approximate surface area is 84.5 Å². The van der Waals surface area contributed by atoms with Gasteiger partial charge in [-0.05, 0) is 38.0 Å². The van der Waals surface area contributed by atoms with Crippen molar-refractivity contribution in [2.24, 2.45) is 11.8 Å². The Hall–Kier alpha value is -0.860. The molecule has 1 heterocycles. The predicted octanol–water partition coefficient (Wildman–Crippen LogP) is 1.22. The van der Waals surface area contributed by atoms with Crippen LogP contribution in [0.25, 0.3) is 0 Å². The van der Waals surface area contributed by atoms with Gasteiger partial charge >= 0.3 is 0 Å². The van der Waals surface area contributed by atoms with Crippen LogP contribution in [-0.4, -0.2) is 29.2 Å². The van der Waals surface area contributed by atoms with Crippen molar-refractivity contribution >= 4 is 11.7 Å². The van der Waals surface area contributed by atoms with E-state index in [1.165, 1.54) is 12.8 Å². The van der Waals surface area contributed by atoms with Gasteiger partial charge in [0.25, 0.3) is 0 Å². The fourth-order valence-corrected chi connectivity index (χ4v) is 2.71. The van der Waals surface area contributed by atoms with E-state index in [1.54, 1.807) is 18.7 Å². The first-order valence-electron chi connectivity index (χ1n) is 5.39. The Balaban J connectivity index is 2.14. The Morgan fingerprint density at radius 2 is 1.79 bits per heavy atom. The third-order valence-corrected chi connectivity index (χ3v) is 3.49. The lowest BCUT2D eigenvalue weighted by molar-refractivity contribution is -0.136. The second-order valence-electron chi connectivity index (χ2n) is 4.56. The third-order valence-electron chi connectivity index (χ3n) is 3.49. The standard InChI is InChI=1S/C11H17NO2/c1-7(13)11-10(9-3-4-9)5-6-12(11)8(2)14/h9-11H,3-6H2,1-2H3/t10-,11-/m1/s1. The van der Waals surface area contributed by atoms with Crippen molar-refractivity contribution < 1.29 is 9.59 Å². The molecule has 2 fully saturated rings. The molecule has 3 nitrogen and oxygen atoms in total. The van der Waals surface area contributed by atoms with Gasteiger partial charge in [-0.25, -0.2) is 0 Å². The zero-order valence-electron chi connectivity index (χ0n) is 8.82. The number of hydrogen-bond donors (Lipinski definition) is 0. The van der Waals surface area contributed by atoms with Crippen LogP contribution in [0, 0.1) is 11.8 Å². The molecule has 0 radical (unpaired) electrons. The topological polar surface area (TPSA) is 37.4 Å². The van der Waals surface area contributed by atoms with Gasteiger partial charge in [0.15, 0.2) is 5.78 Å². The first kappa shape index (κ1) is 9.69. The van der Waals surface area contributed by atoms with E-state index in [2.05, 4.69) is 0 Å². The molecule has 3 heteroatoms. The van der Waals surface area contributed by atoms with E-state index in [0.29, 0.717) is 11.8 Å². The zero-order valence-corrected chi connectivity index (χ0v) is 8.82. The van der Waals surface area contributed by atoms with E-state index in [4.69, 9.17) is 0 Å². The summed E-state index contributed by atoms with van der Waals surface area (Å²) in [6, 6.07) is -0.111. The largest absolute Gasteiger partial charge is 0.333 e. The van der Waals surface area contributed by atoms with Crippen LogP contribution in [0.4, 0.5) is 0 Å². The molecular weight excluding hydrogens is 178 g/mol. The molecule has 2 aliphatic rings. The summed E-state index contributed by atoms with van der Waals surface area (Å²) in [7, 11) is 0. The maximum atomic E-state index is 11.5. The molecule has 0 aromatic rings. The van der Waals surface area contributed by atoms with Gasteiger partial charge in [0.2, 0.25) is 5.91 Å². The third kappa shape index (κ3) is 1.56. The van der Waals surface area contributed by atoms with Gasteiger partial charge in [0.1, 0.15) is 0 Å². The summed E-state index contributed by atoms with van der Waals surface area (Å²) >= 11 is 0. The van der Waals surface area contributed by atoms with Crippen molar-refractivity contribution in [1.82, 2.24) is 4.90 Å². The van der Waals surface area contributed by atoms with Crippen LogP contribution in [-0.2, 0) is 9.59 Å². The molecule has 0 unspecified atom stereocenters. The van der Waals surface area contributed by atoms with E-state index in [9.17, 15) is 9.59 Å². The van der Waals surface area contributed by atoms with Gasteiger partial charge in [-0.1, -0.05) is 0 Å². The van der Waals surface area contributed by atoms with Crippen LogP contribution < -0.4 is 0 Å². The Morgan fingerprint density at radius 1 is 1.14 bits per heavy atom. The van der Waals surface area contributed by atoms with E-state index in [-0.39, 0.29) is 17.7 Å². The van der Waals surface area contributed by atoms with Crippen molar-refractivity contribution in [1.29, 1.82) is 0 Å². The predicted molar refractivity (Wildman–Crippen MR) is 52.7 cm³/mol. The summed E-state index contributed by atoms with van der Waals surface area (Å²) in [6.45, 7) is 3.95. The van der Waals surface area contributed by atoms with Crippen molar-refractivity contribution in [3.05, 3.63) is 0 Å². The lowest BCUT2D eigenvalue weighted by atomic mass is 9.92. The molecule has 2 rings (SSSR count). The minimum Gasteiger partial charge on any atom is -0.333 e. The van der Waals surface area contributed by atoms with Crippen LogP contribution in [0.5, 0.6) is 0 Å². The summed E-state index contributed by atoms with van der Waals surface area (Å²) in [6.07, 6.45) is 3.52. The molecule has 14 heavy (non-hydrogen) atoms. The quantitative estimate of drug-likeness (QED) is 0.664. The maximum Gasteiger partial charge on any atom is 0.220 e. The Bertz CT molecular complexity index is 270. The van der Waals surface area contributed by atoms with E-state index in [1.807, 2.05) is 0 Å². The summed E-state index contributed by atoms with van der Waals surface area (Å²) in [4.78, 5) is 24.6. The second-order valence-corrected chi connectivity index (χ2v) is 4.56. The molecule has 0 spiro atoms. The monoisotopic (exact) mass is 195 g/mol. The molecule has 0 bridgehead atoms. The molecule has 2 atom stereocenters. The molecule has 1 saturated carbocycles. The van der Waals surface area contributed by atoms with Gasteiger partial charge in [-0.3, -0.25) is 9.59 Å². The number of Topliss-reactive ketones (excluding diaryl/α,β-unsaturated/α-hetero) is 1. The van der Waals surface area contributed by atoms with E-state index in [0.717, 1.165) is 13.0 Å². The van der Waals surface area contributed by atoms with Crippen molar-refractivity contribution in [2.75, 3.05) is 6.54 Å². The minimum atomic E-state index is -0.111. The van der Waals surface area contributed by atoms with Gasteiger partial charge < -0.3 is 4.90 Å². The van der Waals surface area contributed by atoms with Crippen LogP contribution in [0.1, 0.15) is 33.1 Å². The highest BCUT2D eigenvalue weighted by molar-refractivity contribution is 5.87. The Kier molecular flexibility index (Phi) is 2.33. The van der Waals surface area contributed by atoms with Crippen LogP contribution in [0.2, 0.25) is 0 Å². The summed E-state index contributed by atoms with van der Waals surface area (Å²) < 4.78 is 0. The SMILES string of the molecule is CC(=O)[C@@H]1[C@@H](C2CC2)CCN1C(C)=O. The summed E-state index contributed by atoms with van der Waals surface area (Å²) in [5, 5.41) is 0. The second kappa shape index (κ2) is 3.37. The molecule has 1 saturated heterocycles. The molecule has 0 aromatic carbocycles. The first-order valence-corrected chi connectivity index (χ1v) is 5.39. The summed E-state index contributed by atoms with van der Waals surface area (Å²) in [5.74, 6) is 1.38. The number of rotatable bonds is 2. The number of ketones is 1. The van der Waals surface area contributed by atoms with Gasteiger partial charge in [0, 0.05) is 13.5 Å². The van der Waals surface area contributed by atoms with Gasteiger partial charge in [-0.2, -0.15) is 0 Å². The van der Waals surface area contributed by atoms with Crippen molar-refractivity contribution in [3.8, 4) is 0 Å². The normalized spacial score (nSPS) is 32.0.